The van der Waals surface area contributed by atoms with Crippen LogP contribution in [0, 0.1) is 12.8 Å². The number of nitrogens with zero attached hydrogens (tertiary/aromatic N) is 5. The first kappa shape index (κ1) is 19.7. The van der Waals surface area contributed by atoms with Crippen molar-refractivity contribution in [2.75, 3.05) is 25.2 Å². The van der Waals surface area contributed by atoms with E-state index in [1.165, 1.54) is 9.13 Å². The third-order valence-corrected chi connectivity index (χ3v) is 5.66. The van der Waals surface area contributed by atoms with Crippen molar-refractivity contribution in [3.8, 4) is 0 Å². The highest BCUT2D eigenvalue weighted by molar-refractivity contribution is 6.30. The van der Waals surface area contributed by atoms with Crippen LogP contribution >= 0.6 is 11.6 Å². The van der Waals surface area contributed by atoms with Crippen LogP contribution in [0.1, 0.15) is 12.5 Å². The highest BCUT2D eigenvalue weighted by Gasteiger charge is 2.30. The van der Waals surface area contributed by atoms with Gasteiger partial charge in [-0.15, -0.1) is 0 Å². The molecule has 1 atom stereocenters. The van der Waals surface area contributed by atoms with Gasteiger partial charge in [-0.05, 0) is 30.5 Å². The summed E-state index contributed by atoms with van der Waals surface area (Å²) in [6, 6.07) is 5.74. The summed E-state index contributed by atoms with van der Waals surface area (Å²) in [6.45, 7) is 6.03. The summed E-state index contributed by atoms with van der Waals surface area (Å²) in [4.78, 5) is 32.7. The van der Waals surface area contributed by atoms with Gasteiger partial charge in [0.05, 0.1) is 13.2 Å². The molecule has 0 radical (unpaired) electrons. The number of methoxy groups -OCH3 is 1. The van der Waals surface area contributed by atoms with Crippen LogP contribution in [-0.4, -0.2) is 38.9 Å². The number of anilines is 2. The Morgan fingerprint density at radius 3 is 2.76 bits per heavy atom. The van der Waals surface area contributed by atoms with E-state index < -0.39 is 5.69 Å². The molecular weight excluding hydrogens is 394 g/mol. The van der Waals surface area contributed by atoms with E-state index in [2.05, 4.69) is 11.8 Å². The Morgan fingerprint density at radius 1 is 1.28 bits per heavy atom. The maximum Gasteiger partial charge on any atom is 0.332 e. The normalized spacial score (nSPS) is 16.4. The van der Waals surface area contributed by atoms with Crippen LogP contribution in [-0.2, 0) is 24.9 Å². The average Bonchev–Trinajstić information content (AvgIpc) is 3.07. The largest absolute Gasteiger partial charge is 0.383 e. The van der Waals surface area contributed by atoms with Crippen molar-refractivity contribution in [1.82, 2.24) is 18.7 Å². The molecule has 1 aromatic carbocycles. The van der Waals surface area contributed by atoms with E-state index in [0.29, 0.717) is 28.7 Å². The number of hydrogen-bond donors (Lipinski definition) is 0. The fourth-order valence-electron chi connectivity index (χ4n) is 3.96. The summed E-state index contributed by atoms with van der Waals surface area (Å²) in [7, 11) is 3.19. The van der Waals surface area contributed by atoms with Crippen molar-refractivity contribution in [3.63, 3.8) is 0 Å². The SMILES string of the molecule is COCCn1c(=O)c2c(nc3n2CC(C)CN3c2cc(Cl)ccc2C)n(C)c1=O. The highest BCUT2D eigenvalue weighted by Crippen LogP contribution is 2.35. The van der Waals surface area contributed by atoms with Crippen molar-refractivity contribution in [2.45, 2.75) is 26.9 Å². The number of fused-ring (bicyclic) bond motifs is 3. The molecule has 9 heteroatoms. The van der Waals surface area contributed by atoms with Crippen molar-refractivity contribution < 1.29 is 4.74 Å². The minimum atomic E-state index is -0.395. The first-order valence-corrected chi connectivity index (χ1v) is 9.94. The smallest absolute Gasteiger partial charge is 0.332 e. The van der Waals surface area contributed by atoms with Gasteiger partial charge in [0, 0.05) is 38.0 Å². The summed E-state index contributed by atoms with van der Waals surface area (Å²) < 4.78 is 9.65. The molecule has 4 rings (SSSR count). The molecule has 3 aromatic rings. The van der Waals surface area contributed by atoms with E-state index in [1.54, 1.807) is 14.2 Å². The summed E-state index contributed by atoms with van der Waals surface area (Å²) >= 11 is 6.25. The molecule has 29 heavy (non-hydrogen) atoms. The van der Waals surface area contributed by atoms with E-state index in [4.69, 9.17) is 21.3 Å². The second kappa shape index (κ2) is 7.35. The first-order valence-electron chi connectivity index (χ1n) is 9.56. The molecule has 0 saturated carbocycles. The van der Waals surface area contributed by atoms with Gasteiger partial charge in [0.15, 0.2) is 11.2 Å². The molecular formula is C20H24ClN5O3. The van der Waals surface area contributed by atoms with Crippen molar-refractivity contribution >= 4 is 34.4 Å². The van der Waals surface area contributed by atoms with Crippen LogP contribution in [0.25, 0.3) is 11.2 Å². The number of ether oxygens (including phenoxy) is 1. The van der Waals surface area contributed by atoms with E-state index in [9.17, 15) is 9.59 Å². The minimum Gasteiger partial charge on any atom is -0.383 e. The molecule has 1 aliphatic heterocycles. The van der Waals surface area contributed by atoms with Crippen LogP contribution in [0.4, 0.5) is 11.6 Å². The first-order chi connectivity index (χ1) is 13.8. The fourth-order valence-corrected chi connectivity index (χ4v) is 4.13. The molecule has 1 unspecified atom stereocenters. The van der Waals surface area contributed by atoms with Gasteiger partial charge in [0.2, 0.25) is 5.95 Å². The predicted molar refractivity (Wildman–Crippen MR) is 113 cm³/mol. The standard InChI is InChI=1S/C20H24ClN5O3/c1-12-10-25(15-9-14(21)6-5-13(15)2)19-22-17-16(26(19)11-12)18(27)24(7-8-29-4)20(28)23(17)3/h5-6,9,12H,7-8,10-11H2,1-4H3. The van der Waals surface area contributed by atoms with Gasteiger partial charge in [-0.3, -0.25) is 13.9 Å². The molecule has 2 aromatic heterocycles. The van der Waals surface area contributed by atoms with Crippen molar-refractivity contribution in [2.24, 2.45) is 13.0 Å². The fraction of sp³-hybridized carbons (Fsp3) is 0.450. The Bertz CT molecular complexity index is 1210. The maximum atomic E-state index is 13.2. The van der Waals surface area contributed by atoms with Crippen molar-refractivity contribution in [1.29, 1.82) is 0 Å². The molecule has 8 nitrogen and oxygen atoms in total. The van der Waals surface area contributed by atoms with Gasteiger partial charge in [0.25, 0.3) is 5.56 Å². The molecule has 0 spiro atoms. The summed E-state index contributed by atoms with van der Waals surface area (Å²) in [5, 5.41) is 0.640. The van der Waals surface area contributed by atoms with Crippen LogP contribution in [0.15, 0.2) is 27.8 Å². The van der Waals surface area contributed by atoms with E-state index in [0.717, 1.165) is 17.8 Å². The zero-order chi connectivity index (χ0) is 20.9. The molecule has 0 aliphatic carbocycles. The van der Waals surface area contributed by atoms with E-state index in [1.807, 2.05) is 29.7 Å². The van der Waals surface area contributed by atoms with Crippen LogP contribution in [0.3, 0.4) is 0 Å². The van der Waals surface area contributed by atoms with Gasteiger partial charge in [-0.2, -0.15) is 4.98 Å². The second-order valence-corrected chi connectivity index (χ2v) is 8.07. The third kappa shape index (κ3) is 3.16. The highest BCUT2D eigenvalue weighted by atomic mass is 35.5. The molecule has 0 bridgehead atoms. The minimum absolute atomic E-state index is 0.200. The van der Waals surface area contributed by atoms with Crippen molar-refractivity contribution in [3.05, 3.63) is 49.6 Å². The zero-order valence-electron chi connectivity index (χ0n) is 17.0. The van der Waals surface area contributed by atoms with Crippen LogP contribution in [0.5, 0.6) is 0 Å². The molecule has 3 heterocycles. The Morgan fingerprint density at radius 2 is 2.03 bits per heavy atom. The average molecular weight is 418 g/mol. The van der Waals surface area contributed by atoms with E-state index in [-0.39, 0.29) is 24.6 Å². The second-order valence-electron chi connectivity index (χ2n) is 7.63. The Balaban J connectivity index is 2.00. The molecule has 0 fully saturated rings. The van der Waals surface area contributed by atoms with Gasteiger partial charge in [-0.25, -0.2) is 4.79 Å². The summed E-state index contributed by atoms with van der Waals surface area (Å²) in [6.07, 6.45) is 0. The molecule has 0 N–H and O–H groups in total. The summed E-state index contributed by atoms with van der Waals surface area (Å²) in [5.41, 5.74) is 2.11. The van der Waals surface area contributed by atoms with Gasteiger partial charge < -0.3 is 14.2 Å². The lowest BCUT2D eigenvalue weighted by atomic mass is 10.1. The zero-order valence-corrected chi connectivity index (χ0v) is 17.7. The number of rotatable bonds is 4. The lowest BCUT2D eigenvalue weighted by molar-refractivity contribution is 0.184. The van der Waals surface area contributed by atoms with Gasteiger partial charge in [-0.1, -0.05) is 24.6 Å². The number of imidazole rings is 1. The lowest BCUT2D eigenvalue weighted by Gasteiger charge is -2.33. The van der Waals surface area contributed by atoms with Gasteiger partial charge >= 0.3 is 5.69 Å². The van der Waals surface area contributed by atoms with Crippen LogP contribution < -0.4 is 16.1 Å². The maximum absolute atomic E-state index is 13.2. The quantitative estimate of drug-likeness (QED) is 0.651. The molecule has 1 aliphatic rings. The Kier molecular flexibility index (Phi) is 5.00. The molecule has 0 saturated heterocycles. The number of aromatic nitrogens is 4. The number of halogens is 1. The number of hydrogen-bond acceptors (Lipinski definition) is 5. The Labute approximate surface area is 172 Å². The predicted octanol–water partition coefficient (Wildman–Crippen LogP) is 2.29. The van der Waals surface area contributed by atoms with Gasteiger partial charge in [0.1, 0.15) is 0 Å². The Hall–Kier alpha value is -2.58. The van der Waals surface area contributed by atoms with E-state index >= 15 is 0 Å². The third-order valence-electron chi connectivity index (χ3n) is 5.42. The van der Waals surface area contributed by atoms with Crippen LogP contribution in [0.2, 0.25) is 5.02 Å². The lowest BCUT2D eigenvalue weighted by Crippen LogP contribution is -2.41. The topological polar surface area (TPSA) is 74.3 Å². The molecule has 0 amide bonds. The monoisotopic (exact) mass is 417 g/mol. The number of aryl methyl sites for hydroxylation is 2. The molecule has 154 valence electrons. The summed E-state index contributed by atoms with van der Waals surface area (Å²) in [5.74, 6) is 0.933. The number of benzene rings is 1.